The molecule has 1 amide bonds. The largest absolute Gasteiger partial charge is 0.366 e. The van der Waals surface area contributed by atoms with Crippen molar-refractivity contribution < 1.29 is 9.53 Å². The van der Waals surface area contributed by atoms with Crippen molar-refractivity contribution in [2.45, 2.75) is 60.1 Å². The maximum absolute atomic E-state index is 11.5. The van der Waals surface area contributed by atoms with Crippen molar-refractivity contribution in [3.63, 3.8) is 0 Å². The van der Waals surface area contributed by atoms with Gasteiger partial charge in [0, 0.05) is 6.04 Å². The number of carbonyl (C=O) groups is 1. The second-order valence-electron chi connectivity index (χ2n) is 6.06. The molecule has 1 atom stereocenters. The van der Waals surface area contributed by atoms with Crippen LogP contribution in [0.25, 0.3) is 0 Å². The lowest BCUT2D eigenvalue weighted by Gasteiger charge is -2.28. The second kappa shape index (κ2) is 4.97. The van der Waals surface area contributed by atoms with Gasteiger partial charge in [-0.05, 0) is 33.1 Å². The Labute approximate surface area is 93.6 Å². The van der Waals surface area contributed by atoms with Gasteiger partial charge in [0.05, 0.1) is 5.60 Å². The highest BCUT2D eigenvalue weighted by atomic mass is 16.5. The first-order chi connectivity index (χ1) is 6.52. The molecule has 0 saturated carbocycles. The van der Waals surface area contributed by atoms with Crippen molar-refractivity contribution >= 4 is 5.91 Å². The first kappa shape index (κ1) is 14.4. The van der Waals surface area contributed by atoms with Crippen LogP contribution in [0.15, 0.2) is 0 Å². The molecule has 0 aliphatic rings. The van der Waals surface area contributed by atoms with Gasteiger partial charge in [0.15, 0.2) is 0 Å². The monoisotopic (exact) mass is 215 g/mol. The fraction of sp³-hybridized carbons (Fsp3) is 0.917. The van der Waals surface area contributed by atoms with E-state index in [1.54, 1.807) is 0 Å². The highest BCUT2D eigenvalue weighted by Crippen LogP contribution is 2.18. The molecule has 3 heteroatoms. The molecule has 0 aromatic carbocycles. The summed E-state index contributed by atoms with van der Waals surface area (Å²) >= 11 is 0. The second-order valence-corrected chi connectivity index (χ2v) is 6.06. The Morgan fingerprint density at radius 2 is 1.67 bits per heavy atom. The molecule has 1 unspecified atom stereocenters. The van der Waals surface area contributed by atoms with Crippen molar-refractivity contribution in [2.75, 3.05) is 6.61 Å². The Hall–Kier alpha value is -0.570. The zero-order valence-electron chi connectivity index (χ0n) is 11.1. The average Bonchev–Trinajstić information content (AvgIpc) is 1.97. The number of hydrogen-bond acceptors (Lipinski definition) is 2. The fourth-order valence-electron chi connectivity index (χ4n) is 0.782. The minimum absolute atomic E-state index is 0.0488. The molecule has 0 radical (unpaired) electrons. The number of amides is 1. The van der Waals surface area contributed by atoms with Crippen LogP contribution in [0.3, 0.4) is 0 Å². The fourth-order valence-corrected chi connectivity index (χ4v) is 0.782. The molecule has 0 rings (SSSR count). The number of carbonyl (C=O) groups excluding carboxylic acids is 1. The lowest BCUT2D eigenvalue weighted by Crippen LogP contribution is -2.43. The van der Waals surface area contributed by atoms with Crippen LogP contribution in [-0.2, 0) is 9.53 Å². The van der Waals surface area contributed by atoms with Gasteiger partial charge in [-0.15, -0.1) is 0 Å². The van der Waals surface area contributed by atoms with Crippen LogP contribution < -0.4 is 5.32 Å². The molecular formula is C12H25NO2. The predicted octanol–water partition coefficient (Wildman–Crippen LogP) is 2.35. The first-order valence-corrected chi connectivity index (χ1v) is 5.46. The molecule has 90 valence electrons. The Bertz CT molecular complexity index is 211. The van der Waals surface area contributed by atoms with E-state index in [4.69, 9.17) is 4.74 Å². The van der Waals surface area contributed by atoms with Gasteiger partial charge >= 0.3 is 0 Å². The van der Waals surface area contributed by atoms with Crippen molar-refractivity contribution in [2.24, 2.45) is 5.41 Å². The predicted molar refractivity (Wildman–Crippen MR) is 62.8 cm³/mol. The van der Waals surface area contributed by atoms with Crippen molar-refractivity contribution in [1.29, 1.82) is 0 Å². The van der Waals surface area contributed by atoms with Gasteiger partial charge in [0.2, 0.25) is 5.91 Å². The third-order valence-electron chi connectivity index (χ3n) is 2.31. The van der Waals surface area contributed by atoms with Crippen LogP contribution >= 0.6 is 0 Å². The molecule has 3 nitrogen and oxygen atoms in total. The van der Waals surface area contributed by atoms with Crippen molar-refractivity contribution in [3.8, 4) is 0 Å². The van der Waals surface area contributed by atoms with Crippen LogP contribution in [0, 0.1) is 5.41 Å². The Kier molecular flexibility index (Phi) is 4.78. The highest BCUT2D eigenvalue weighted by molar-refractivity contribution is 5.77. The van der Waals surface area contributed by atoms with Gasteiger partial charge in [-0.3, -0.25) is 4.79 Å². The van der Waals surface area contributed by atoms with Crippen molar-refractivity contribution in [1.82, 2.24) is 5.32 Å². The molecule has 0 spiro atoms. The maximum atomic E-state index is 11.5. The first-order valence-electron chi connectivity index (χ1n) is 5.46. The summed E-state index contributed by atoms with van der Waals surface area (Å²) in [7, 11) is 0. The van der Waals surface area contributed by atoms with E-state index in [2.05, 4.69) is 26.1 Å². The molecule has 0 aliphatic heterocycles. The number of hydrogen-bond donors (Lipinski definition) is 1. The molecule has 0 bridgehead atoms. The molecule has 0 aromatic heterocycles. The van der Waals surface area contributed by atoms with Gasteiger partial charge in [0.25, 0.3) is 0 Å². The van der Waals surface area contributed by atoms with Gasteiger partial charge in [-0.2, -0.15) is 0 Å². The smallest absolute Gasteiger partial charge is 0.246 e. The highest BCUT2D eigenvalue weighted by Gasteiger charge is 2.22. The molecular weight excluding hydrogens is 190 g/mol. The molecule has 0 aliphatic carbocycles. The van der Waals surface area contributed by atoms with Crippen LogP contribution in [0.5, 0.6) is 0 Å². The van der Waals surface area contributed by atoms with Gasteiger partial charge in [-0.1, -0.05) is 20.8 Å². The normalized spacial score (nSPS) is 14.9. The van der Waals surface area contributed by atoms with Gasteiger partial charge in [-0.25, -0.2) is 0 Å². The van der Waals surface area contributed by atoms with Crippen LogP contribution in [0.4, 0.5) is 0 Å². The average molecular weight is 215 g/mol. The lowest BCUT2D eigenvalue weighted by atomic mass is 9.88. The Morgan fingerprint density at radius 1 is 1.20 bits per heavy atom. The Morgan fingerprint density at radius 3 is 2.00 bits per heavy atom. The summed E-state index contributed by atoms with van der Waals surface area (Å²) < 4.78 is 5.39. The quantitative estimate of drug-likeness (QED) is 0.785. The summed E-state index contributed by atoms with van der Waals surface area (Å²) in [6.45, 7) is 14.3. The topological polar surface area (TPSA) is 38.3 Å². The van der Waals surface area contributed by atoms with Crippen LogP contribution in [-0.4, -0.2) is 24.2 Å². The summed E-state index contributed by atoms with van der Waals surface area (Å²) in [6, 6.07) is 0.147. The van der Waals surface area contributed by atoms with E-state index in [9.17, 15) is 4.79 Å². The zero-order chi connectivity index (χ0) is 12.3. The minimum atomic E-state index is -0.262. The van der Waals surface area contributed by atoms with Gasteiger partial charge < -0.3 is 10.1 Å². The number of nitrogens with one attached hydrogen (secondary N) is 1. The van der Waals surface area contributed by atoms with Gasteiger partial charge in [0.1, 0.15) is 6.61 Å². The van der Waals surface area contributed by atoms with Crippen LogP contribution in [0.2, 0.25) is 0 Å². The summed E-state index contributed by atoms with van der Waals surface area (Å²) in [5.41, 5.74) is -0.181. The standard InChI is InChI=1S/C12H25NO2/c1-9(11(2,3)4)13-10(14)8-15-12(5,6)7/h9H,8H2,1-7H3,(H,13,14). The number of ether oxygens (including phenoxy) is 1. The zero-order valence-corrected chi connectivity index (χ0v) is 11.1. The minimum Gasteiger partial charge on any atom is -0.366 e. The third kappa shape index (κ3) is 7.37. The molecule has 15 heavy (non-hydrogen) atoms. The lowest BCUT2D eigenvalue weighted by molar-refractivity contribution is -0.131. The summed E-state index contributed by atoms with van der Waals surface area (Å²) in [5.74, 6) is -0.0488. The molecule has 0 saturated heterocycles. The van der Waals surface area contributed by atoms with E-state index < -0.39 is 0 Å². The molecule has 0 aromatic rings. The maximum Gasteiger partial charge on any atom is 0.246 e. The molecule has 0 fully saturated rings. The van der Waals surface area contributed by atoms with E-state index in [-0.39, 0.29) is 29.6 Å². The Balaban J connectivity index is 3.96. The van der Waals surface area contributed by atoms with Crippen LogP contribution in [0.1, 0.15) is 48.5 Å². The van der Waals surface area contributed by atoms with E-state index in [1.807, 2.05) is 27.7 Å². The SMILES string of the molecule is CC(NC(=O)COC(C)(C)C)C(C)(C)C. The number of rotatable bonds is 3. The van der Waals surface area contributed by atoms with E-state index in [0.29, 0.717) is 0 Å². The summed E-state index contributed by atoms with van der Waals surface area (Å²) in [5, 5.41) is 2.93. The van der Waals surface area contributed by atoms with E-state index in [0.717, 1.165) is 0 Å². The van der Waals surface area contributed by atoms with E-state index >= 15 is 0 Å². The summed E-state index contributed by atoms with van der Waals surface area (Å²) in [6.07, 6.45) is 0. The molecule has 1 N–H and O–H groups in total. The third-order valence-corrected chi connectivity index (χ3v) is 2.31. The molecule has 0 heterocycles. The van der Waals surface area contributed by atoms with Crippen molar-refractivity contribution in [3.05, 3.63) is 0 Å². The summed E-state index contributed by atoms with van der Waals surface area (Å²) in [4.78, 5) is 11.5. The van der Waals surface area contributed by atoms with E-state index in [1.165, 1.54) is 0 Å².